The molecule has 1 aliphatic rings. The molecule has 1 aromatic rings. The van der Waals surface area contributed by atoms with Gasteiger partial charge in [-0.15, -0.1) is 0 Å². The van der Waals surface area contributed by atoms with Gasteiger partial charge in [0.05, 0.1) is 12.8 Å². The van der Waals surface area contributed by atoms with Gasteiger partial charge in [0.2, 0.25) is 0 Å². The first-order chi connectivity index (χ1) is 10.4. The molecule has 1 aliphatic carbocycles. The molecule has 0 aliphatic heterocycles. The number of aromatic nitrogens is 1. The first-order valence-corrected chi connectivity index (χ1v) is 8.51. The second-order valence-electron chi connectivity index (χ2n) is 6.13. The molecule has 4 heteroatoms. The van der Waals surface area contributed by atoms with Crippen molar-refractivity contribution >= 4 is 0 Å². The van der Waals surface area contributed by atoms with Gasteiger partial charge in [-0.25, -0.2) is 4.98 Å². The van der Waals surface area contributed by atoms with Gasteiger partial charge in [0.25, 0.3) is 0 Å². The molecule has 0 saturated heterocycles. The molecule has 120 valence electrons. The number of hydrogen-bond donors (Lipinski definition) is 1. The Hall–Kier alpha value is -0.870. The second-order valence-corrected chi connectivity index (χ2v) is 6.13. The van der Waals surface area contributed by atoms with Crippen LogP contribution in [0.5, 0.6) is 0 Å². The number of nitrogens with zero attached hydrogens (tertiary/aromatic N) is 1. The van der Waals surface area contributed by atoms with Crippen LogP contribution in [0.15, 0.2) is 10.6 Å². The van der Waals surface area contributed by atoms with Crippen molar-refractivity contribution in [3.05, 3.63) is 17.8 Å². The monoisotopic (exact) mass is 294 g/mol. The van der Waals surface area contributed by atoms with E-state index in [-0.39, 0.29) is 0 Å². The molecule has 0 amide bonds. The fourth-order valence-corrected chi connectivity index (χ4v) is 3.07. The lowest BCUT2D eigenvalue weighted by Crippen LogP contribution is -2.20. The van der Waals surface area contributed by atoms with Crippen LogP contribution >= 0.6 is 0 Å². The first-order valence-electron chi connectivity index (χ1n) is 8.51. The average Bonchev–Trinajstić information content (AvgIpc) is 2.77. The SMILES string of the molecule is COCCNCCCc1ncc(CC2CCCCCC2)o1. The zero-order valence-electron chi connectivity index (χ0n) is 13.4. The van der Waals surface area contributed by atoms with Crippen molar-refractivity contribution in [3.8, 4) is 0 Å². The molecule has 1 aromatic heterocycles. The highest BCUT2D eigenvalue weighted by Crippen LogP contribution is 2.26. The van der Waals surface area contributed by atoms with E-state index in [2.05, 4.69) is 10.3 Å². The number of rotatable bonds is 9. The summed E-state index contributed by atoms with van der Waals surface area (Å²) in [6, 6.07) is 0. The summed E-state index contributed by atoms with van der Waals surface area (Å²) < 4.78 is 10.9. The molecule has 1 heterocycles. The zero-order chi connectivity index (χ0) is 14.8. The van der Waals surface area contributed by atoms with E-state index in [4.69, 9.17) is 9.15 Å². The van der Waals surface area contributed by atoms with E-state index in [1.54, 1.807) is 7.11 Å². The lowest BCUT2D eigenvalue weighted by molar-refractivity contribution is 0.199. The van der Waals surface area contributed by atoms with Gasteiger partial charge in [-0.1, -0.05) is 38.5 Å². The molecule has 0 unspecified atom stereocenters. The molecule has 0 bridgehead atoms. The number of ether oxygens (including phenoxy) is 1. The molecule has 1 fully saturated rings. The lowest BCUT2D eigenvalue weighted by Gasteiger charge is -2.11. The molecular formula is C17H30N2O2. The third-order valence-corrected chi connectivity index (χ3v) is 4.29. The van der Waals surface area contributed by atoms with Gasteiger partial charge in [0.15, 0.2) is 5.89 Å². The highest BCUT2D eigenvalue weighted by molar-refractivity contribution is 4.96. The first kappa shape index (κ1) is 16.5. The van der Waals surface area contributed by atoms with Crippen molar-refractivity contribution in [3.63, 3.8) is 0 Å². The molecule has 21 heavy (non-hydrogen) atoms. The van der Waals surface area contributed by atoms with Gasteiger partial charge in [-0.2, -0.15) is 0 Å². The molecule has 0 atom stereocenters. The number of methoxy groups -OCH3 is 1. The van der Waals surface area contributed by atoms with E-state index in [0.29, 0.717) is 0 Å². The zero-order valence-corrected chi connectivity index (χ0v) is 13.4. The Labute approximate surface area is 128 Å². The molecule has 0 spiro atoms. The Bertz CT molecular complexity index is 371. The lowest BCUT2D eigenvalue weighted by atomic mass is 9.96. The smallest absolute Gasteiger partial charge is 0.194 e. The molecule has 0 radical (unpaired) electrons. The topological polar surface area (TPSA) is 47.3 Å². The molecule has 1 saturated carbocycles. The predicted molar refractivity (Wildman–Crippen MR) is 84.5 cm³/mol. The highest BCUT2D eigenvalue weighted by Gasteiger charge is 2.15. The molecule has 0 aromatic carbocycles. The van der Waals surface area contributed by atoms with Crippen molar-refractivity contribution in [2.45, 2.75) is 57.8 Å². The standard InChI is InChI=1S/C17H30N2O2/c1-20-12-11-18-10-6-9-17-19-14-16(21-17)13-15-7-4-2-3-5-8-15/h14-15,18H,2-13H2,1H3. The minimum Gasteiger partial charge on any atom is -0.446 e. The Balaban J connectivity index is 1.63. The molecule has 1 N–H and O–H groups in total. The van der Waals surface area contributed by atoms with Crippen LogP contribution in [0.4, 0.5) is 0 Å². The Morgan fingerprint density at radius 2 is 2.05 bits per heavy atom. The van der Waals surface area contributed by atoms with Crippen LogP contribution in [0.1, 0.15) is 56.6 Å². The van der Waals surface area contributed by atoms with Crippen LogP contribution < -0.4 is 5.32 Å². The minimum atomic E-state index is 0.768. The van der Waals surface area contributed by atoms with Crippen LogP contribution in [0, 0.1) is 5.92 Å². The van der Waals surface area contributed by atoms with Crippen molar-refractivity contribution in [2.24, 2.45) is 5.92 Å². The second kappa shape index (κ2) is 9.96. The predicted octanol–water partition coefficient (Wildman–Crippen LogP) is 3.36. The largest absolute Gasteiger partial charge is 0.446 e. The fourth-order valence-electron chi connectivity index (χ4n) is 3.07. The van der Waals surface area contributed by atoms with Crippen molar-refractivity contribution < 1.29 is 9.15 Å². The normalized spacial score (nSPS) is 17.0. The molecule has 2 rings (SSSR count). The van der Waals surface area contributed by atoms with E-state index in [0.717, 1.165) is 56.5 Å². The molecular weight excluding hydrogens is 264 g/mol. The van der Waals surface area contributed by atoms with Crippen LogP contribution in [0.3, 0.4) is 0 Å². The number of aryl methyl sites for hydroxylation is 1. The third kappa shape index (κ3) is 6.62. The van der Waals surface area contributed by atoms with E-state index in [1.165, 1.54) is 38.5 Å². The van der Waals surface area contributed by atoms with E-state index < -0.39 is 0 Å². The Morgan fingerprint density at radius 3 is 2.81 bits per heavy atom. The van der Waals surface area contributed by atoms with Crippen LogP contribution in [0.2, 0.25) is 0 Å². The number of oxazole rings is 1. The van der Waals surface area contributed by atoms with Gasteiger partial charge < -0.3 is 14.5 Å². The van der Waals surface area contributed by atoms with Gasteiger partial charge in [-0.3, -0.25) is 0 Å². The van der Waals surface area contributed by atoms with Crippen molar-refractivity contribution in [2.75, 3.05) is 26.8 Å². The van der Waals surface area contributed by atoms with Crippen molar-refractivity contribution in [1.29, 1.82) is 0 Å². The summed E-state index contributed by atoms with van der Waals surface area (Å²) >= 11 is 0. The maximum absolute atomic E-state index is 5.89. The van der Waals surface area contributed by atoms with Crippen LogP contribution in [-0.4, -0.2) is 31.8 Å². The van der Waals surface area contributed by atoms with Crippen LogP contribution in [-0.2, 0) is 17.6 Å². The summed E-state index contributed by atoms with van der Waals surface area (Å²) in [5.74, 6) is 2.79. The average molecular weight is 294 g/mol. The summed E-state index contributed by atoms with van der Waals surface area (Å²) in [4.78, 5) is 4.42. The molecule has 4 nitrogen and oxygen atoms in total. The van der Waals surface area contributed by atoms with E-state index in [1.807, 2.05) is 6.20 Å². The maximum atomic E-state index is 5.89. The minimum absolute atomic E-state index is 0.768. The number of nitrogens with one attached hydrogen (secondary N) is 1. The highest BCUT2D eigenvalue weighted by atomic mass is 16.5. The van der Waals surface area contributed by atoms with Gasteiger partial charge in [0, 0.05) is 26.5 Å². The summed E-state index contributed by atoms with van der Waals surface area (Å²) in [5.41, 5.74) is 0. The van der Waals surface area contributed by atoms with Crippen LogP contribution in [0.25, 0.3) is 0 Å². The Kier molecular flexibility index (Phi) is 7.82. The van der Waals surface area contributed by atoms with Crippen molar-refractivity contribution in [1.82, 2.24) is 10.3 Å². The summed E-state index contributed by atoms with van der Waals surface area (Å²) in [6.45, 7) is 2.67. The van der Waals surface area contributed by atoms with E-state index in [9.17, 15) is 0 Å². The van der Waals surface area contributed by atoms with E-state index >= 15 is 0 Å². The maximum Gasteiger partial charge on any atom is 0.194 e. The van der Waals surface area contributed by atoms with Gasteiger partial charge in [0.1, 0.15) is 5.76 Å². The van der Waals surface area contributed by atoms with Gasteiger partial charge >= 0.3 is 0 Å². The Morgan fingerprint density at radius 1 is 1.24 bits per heavy atom. The number of hydrogen-bond acceptors (Lipinski definition) is 4. The summed E-state index contributed by atoms with van der Waals surface area (Å²) in [6.07, 6.45) is 13.3. The fraction of sp³-hybridized carbons (Fsp3) is 0.824. The third-order valence-electron chi connectivity index (χ3n) is 4.29. The quantitative estimate of drug-likeness (QED) is 0.560. The van der Waals surface area contributed by atoms with Gasteiger partial charge in [-0.05, 0) is 18.9 Å². The summed E-state index contributed by atoms with van der Waals surface area (Å²) in [5, 5.41) is 3.34. The summed E-state index contributed by atoms with van der Waals surface area (Å²) in [7, 11) is 1.73.